The average molecular weight is 218 g/mol. The fourth-order valence-corrected chi connectivity index (χ4v) is 1.47. The van der Waals surface area contributed by atoms with Crippen LogP contribution in [0.25, 0.3) is 0 Å². The van der Waals surface area contributed by atoms with Gasteiger partial charge in [0.25, 0.3) is 0 Å². The number of benzene rings is 1. The van der Waals surface area contributed by atoms with Crippen LogP contribution in [-0.2, 0) is 11.3 Å². The maximum atomic E-state index is 11.7. The van der Waals surface area contributed by atoms with E-state index in [4.69, 9.17) is 5.73 Å². The molecule has 3 nitrogen and oxygen atoms in total. The van der Waals surface area contributed by atoms with Gasteiger partial charge in [0, 0.05) is 19.6 Å². The number of carbonyl (C=O) groups excluding carboxylic acids is 1. The lowest BCUT2D eigenvalue weighted by molar-refractivity contribution is -0.126. The van der Waals surface area contributed by atoms with Gasteiger partial charge in [0.2, 0.25) is 5.91 Å². The molecule has 0 bridgehead atoms. The molecule has 0 atom stereocenters. The summed E-state index contributed by atoms with van der Waals surface area (Å²) in [6.07, 6.45) is 3.31. The van der Waals surface area contributed by atoms with E-state index in [0.29, 0.717) is 19.6 Å². The highest BCUT2D eigenvalue weighted by atomic mass is 16.2. The molecule has 1 amide bonds. The highest BCUT2D eigenvalue weighted by Crippen LogP contribution is 2.04. The van der Waals surface area contributed by atoms with Crippen LogP contribution >= 0.6 is 0 Å². The molecular weight excluding hydrogens is 200 g/mol. The van der Waals surface area contributed by atoms with E-state index in [0.717, 1.165) is 5.56 Å². The largest absolute Gasteiger partial charge is 0.334 e. The van der Waals surface area contributed by atoms with E-state index in [1.807, 2.05) is 37.3 Å². The maximum absolute atomic E-state index is 11.7. The summed E-state index contributed by atoms with van der Waals surface area (Å²) in [7, 11) is 0. The van der Waals surface area contributed by atoms with Crippen molar-refractivity contribution in [1.82, 2.24) is 4.90 Å². The van der Waals surface area contributed by atoms with Crippen LogP contribution in [0.1, 0.15) is 12.5 Å². The first-order chi connectivity index (χ1) is 7.77. The molecule has 0 unspecified atom stereocenters. The van der Waals surface area contributed by atoms with E-state index in [1.54, 1.807) is 17.1 Å². The Labute approximate surface area is 96.6 Å². The van der Waals surface area contributed by atoms with Gasteiger partial charge < -0.3 is 10.6 Å². The SMILES string of the molecule is C/C=C/C(=O)N(CCN)Cc1ccccc1. The number of rotatable bonds is 5. The van der Waals surface area contributed by atoms with Gasteiger partial charge in [0.05, 0.1) is 0 Å². The number of hydrogen-bond acceptors (Lipinski definition) is 2. The molecular formula is C13H18N2O. The summed E-state index contributed by atoms with van der Waals surface area (Å²) in [5.74, 6) is 0.0109. The fourth-order valence-electron chi connectivity index (χ4n) is 1.47. The molecule has 0 radical (unpaired) electrons. The third-order valence-electron chi connectivity index (χ3n) is 2.24. The fraction of sp³-hybridized carbons (Fsp3) is 0.308. The van der Waals surface area contributed by atoms with Crippen LogP contribution in [0.3, 0.4) is 0 Å². The van der Waals surface area contributed by atoms with E-state index in [9.17, 15) is 4.79 Å². The lowest BCUT2D eigenvalue weighted by atomic mass is 10.2. The second kappa shape index (κ2) is 6.80. The molecule has 2 N–H and O–H groups in total. The molecule has 0 spiro atoms. The number of amides is 1. The highest BCUT2D eigenvalue weighted by molar-refractivity contribution is 5.87. The number of allylic oxidation sites excluding steroid dienone is 1. The van der Waals surface area contributed by atoms with Gasteiger partial charge in [-0.25, -0.2) is 0 Å². The summed E-state index contributed by atoms with van der Waals surface area (Å²) in [5.41, 5.74) is 6.62. The third-order valence-corrected chi connectivity index (χ3v) is 2.24. The van der Waals surface area contributed by atoms with Crippen molar-refractivity contribution in [1.29, 1.82) is 0 Å². The molecule has 1 rings (SSSR count). The predicted molar refractivity (Wildman–Crippen MR) is 65.7 cm³/mol. The summed E-state index contributed by atoms with van der Waals surface area (Å²) >= 11 is 0. The second-order valence-corrected chi connectivity index (χ2v) is 3.53. The third kappa shape index (κ3) is 3.87. The van der Waals surface area contributed by atoms with Crippen molar-refractivity contribution >= 4 is 5.91 Å². The van der Waals surface area contributed by atoms with Gasteiger partial charge >= 0.3 is 0 Å². The molecule has 86 valence electrons. The zero-order chi connectivity index (χ0) is 11.8. The van der Waals surface area contributed by atoms with Crippen molar-refractivity contribution < 1.29 is 4.79 Å². The topological polar surface area (TPSA) is 46.3 Å². The molecule has 0 saturated heterocycles. The van der Waals surface area contributed by atoms with E-state index < -0.39 is 0 Å². The summed E-state index contributed by atoms with van der Waals surface area (Å²) < 4.78 is 0. The van der Waals surface area contributed by atoms with Gasteiger partial charge in [-0.3, -0.25) is 4.79 Å². The zero-order valence-electron chi connectivity index (χ0n) is 9.60. The maximum Gasteiger partial charge on any atom is 0.246 e. The summed E-state index contributed by atoms with van der Waals surface area (Å²) in [6, 6.07) is 9.91. The average Bonchev–Trinajstić information content (AvgIpc) is 2.30. The van der Waals surface area contributed by atoms with Gasteiger partial charge in [0.15, 0.2) is 0 Å². The Kier molecular flexibility index (Phi) is 5.29. The standard InChI is InChI=1S/C13H18N2O/c1-2-6-13(16)15(10-9-14)11-12-7-4-3-5-8-12/h2-8H,9-11,14H2,1H3/b6-2+. The van der Waals surface area contributed by atoms with Crippen LogP contribution in [0, 0.1) is 0 Å². The Bertz CT molecular complexity index is 346. The number of nitrogens with two attached hydrogens (primary N) is 1. The Balaban J connectivity index is 2.68. The van der Waals surface area contributed by atoms with Crippen molar-refractivity contribution in [2.45, 2.75) is 13.5 Å². The van der Waals surface area contributed by atoms with E-state index in [1.165, 1.54) is 0 Å². The molecule has 0 saturated carbocycles. The Morgan fingerprint density at radius 3 is 2.62 bits per heavy atom. The minimum atomic E-state index is 0.0109. The van der Waals surface area contributed by atoms with Gasteiger partial charge in [-0.1, -0.05) is 36.4 Å². The molecule has 0 fully saturated rings. The van der Waals surface area contributed by atoms with E-state index in [-0.39, 0.29) is 5.91 Å². The van der Waals surface area contributed by atoms with Crippen LogP contribution in [0.5, 0.6) is 0 Å². The van der Waals surface area contributed by atoms with Crippen molar-refractivity contribution in [2.24, 2.45) is 5.73 Å². The molecule has 1 aromatic rings. The molecule has 0 heterocycles. The van der Waals surface area contributed by atoms with Crippen molar-refractivity contribution in [3.63, 3.8) is 0 Å². The molecule has 0 aliphatic carbocycles. The molecule has 3 heteroatoms. The minimum Gasteiger partial charge on any atom is -0.334 e. The number of carbonyl (C=O) groups is 1. The lowest BCUT2D eigenvalue weighted by Gasteiger charge is -2.20. The van der Waals surface area contributed by atoms with Crippen molar-refractivity contribution in [3.8, 4) is 0 Å². The van der Waals surface area contributed by atoms with Gasteiger partial charge in [-0.2, -0.15) is 0 Å². The smallest absolute Gasteiger partial charge is 0.246 e. The normalized spacial score (nSPS) is 10.6. The molecule has 1 aromatic carbocycles. The predicted octanol–water partition coefficient (Wildman–Crippen LogP) is 1.55. The second-order valence-electron chi connectivity index (χ2n) is 3.53. The molecule has 0 aliphatic rings. The van der Waals surface area contributed by atoms with Crippen LogP contribution in [0.2, 0.25) is 0 Å². The summed E-state index contributed by atoms with van der Waals surface area (Å²) in [6.45, 7) is 3.51. The first-order valence-corrected chi connectivity index (χ1v) is 5.43. The van der Waals surface area contributed by atoms with Gasteiger partial charge in [-0.15, -0.1) is 0 Å². The summed E-state index contributed by atoms with van der Waals surface area (Å²) in [4.78, 5) is 13.5. The Morgan fingerprint density at radius 1 is 1.38 bits per heavy atom. The van der Waals surface area contributed by atoms with Gasteiger partial charge in [0.1, 0.15) is 0 Å². The molecule has 0 aromatic heterocycles. The number of hydrogen-bond donors (Lipinski definition) is 1. The quantitative estimate of drug-likeness (QED) is 0.762. The van der Waals surface area contributed by atoms with Crippen LogP contribution < -0.4 is 5.73 Å². The molecule has 0 aliphatic heterocycles. The summed E-state index contributed by atoms with van der Waals surface area (Å²) in [5, 5.41) is 0. The van der Waals surface area contributed by atoms with Crippen molar-refractivity contribution in [3.05, 3.63) is 48.0 Å². The lowest BCUT2D eigenvalue weighted by Crippen LogP contribution is -2.33. The monoisotopic (exact) mass is 218 g/mol. The first-order valence-electron chi connectivity index (χ1n) is 5.43. The minimum absolute atomic E-state index is 0.0109. The van der Waals surface area contributed by atoms with Gasteiger partial charge in [-0.05, 0) is 18.6 Å². The molecule has 16 heavy (non-hydrogen) atoms. The Morgan fingerprint density at radius 2 is 2.06 bits per heavy atom. The van der Waals surface area contributed by atoms with Crippen LogP contribution in [0.4, 0.5) is 0 Å². The highest BCUT2D eigenvalue weighted by Gasteiger charge is 2.09. The Hall–Kier alpha value is -1.61. The van der Waals surface area contributed by atoms with Crippen molar-refractivity contribution in [2.75, 3.05) is 13.1 Å². The zero-order valence-corrected chi connectivity index (χ0v) is 9.60. The van der Waals surface area contributed by atoms with E-state index >= 15 is 0 Å². The van der Waals surface area contributed by atoms with E-state index in [2.05, 4.69) is 0 Å². The first kappa shape index (κ1) is 12.5. The number of nitrogens with zero attached hydrogens (tertiary/aromatic N) is 1. The van der Waals surface area contributed by atoms with Crippen LogP contribution in [-0.4, -0.2) is 23.9 Å². The van der Waals surface area contributed by atoms with Crippen LogP contribution in [0.15, 0.2) is 42.5 Å².